The second-order valence-electron chi connectivity index (χ2n) is 10.3. The molecule has 4 rings (SSSR count). The van der Waals surface area contributed by atoms with Crippen molar-refractivity contribution < 1.29 is 18.8 Å². The van der Waals surface area contributed by atoms with Crippen molar-refractivity contribution in [2.45, 2.75) is 58.5 Å². The molecule has 196 valence electrons. The lowest BCUT2D eigenvalue weighted by Crippen LogP contribution is -2.38. The van der Waals surface area contributed by atoms with E-state index >= 15 is 0 Å². The summed E-state index contributed by atoms with van der Waals surface area (Å²) in [5, 5.41) is 9.36. The summed E-state index contributed by atoms with van der Waals surface area (Å²) in [7, 11) is 0. The molecule has 0 radical (unpaired) electrons. The zero-order chi connectivity index (χ0) is 26.4. The molecule has 3 aromatic rings. The number of amides is 2. The number of urea groups is 1. The van der Waals surface area contributed by atoms with E-state index in [4.69, 9.17) is 9.26 Å². The summed E-state index contributed by atoms with van der Waals surface area (Å²) in [5.41, 5.74) is 2.39. The third-order valence-corrected chi connectivity index (χ3v) is 6.40. The highest BCUT2D eigenvalue weighted by atomic mass is 16.5. The molecule has 2 amide bonds. The van der Waals surface area contributed by atoms with Crippen molar-refractivity contribution in [2.24, 2.45) is 0 Å². The minimum absolute atomic E-state index is 0.0822. The summed E-state index contributed by atoms with van der Waals surface area (Å²) < 4.78 is 11.2. The van der Waals surface area contributed by atoms with Crippen LogP contribution in [0.1, 0.15) is 62.3 Å². The molecule has 9 nitrogen and oxygen atoms in total. The maximum absolute atomic E-state index is 12.7. The number of hydrogen-bond donors (Lipinski definition) is 2. The second-order valence-corrected chi connectivity index (χ2v) is 10.3. The molecule has 2 N–H and O–H groups in total. The van der Waals surface area contributed by atoms with Gasteiger partial charge < -0.3 is 19.5 Å². The Balaban J connectivity index is 1.25. The Labute approximate surface area is 217 Å². The van der Waals surface area contributed by atoms with Crippen molar-refractivity contribution in [3.63, 3.8) is 0 Å². The van der Waals surface area contributed by atoms with Gasteiger partial charge in [0, 0.05) is 36.7 Å². The number of benzene rings is 1. The Kier molecular flexibility index (Phi) is 8.23. The van der Waals surface area contributed by atoms with Crippen molar-refractivity contribution in [3.05, 3.63) is 65.6 Å². The number of piperidine rings is 1. The number of pyridine rings is 1. The number of carbonyl (C=O) groups excluding carboxylic acids is 2. The van der Waals surface area contributed by atoms with E-state index in [-0.39, 0.29) is 29.6 Å². The molecule has 1 aliphatic heterocycles. The van der Waals surface area contributed by atoms with Crippen LogP contribution in [-0.4, -0.2) is 52.6 Å². The molecular formula is C28H35N5O4. The molecule has 9 heteroatoms. The fraction of sp³-hybridized carbons (Fsp3) is 0.429. The summed E-state index contributed by atoms with van der Waals surface area (Å²) in [6.45, 7) is 11.4. The Morgan fingerprint density at radius 2 is 1.81 bits per heavy atom. The molecule has 0 bridgehead atoms. The van der Waals surface area contributed by atoms with Gasteiger partial charge in [0.15, 0.2) is 5.78 Å². The van der Waals surface area contributed by atoms with E-state index in [2.05, 4.69) is 32.6 Å². The molecule has 0 unspecified atom stereocenters. The van der Waals surface area contributed by atoms with E-state index in [1.807, 2.05) is 26.8 Å². The van der Waals surface area contributed by atoms with Gasteiger partial charge in [-0.25, -0.2) is 9.78 Å². The number of aromatic nitrogens is 2. The molecular weight excluding hydrogens is 470 g/mol. The van der Waals surface area contributed by atoms with Crippen molar-refractivity contribution >= 4 is 23.4 Å². The number of ketones is 1. The smallest absolute Gasteiger partial charge is 0.326 e. The minimum Gasteiger partial charge on any atom is -0.489 e. The van der Waals surface area contributed by atoms with Gasteiger partial charge in [-0.3, -0.25) is 10.1 Å². The largest absolute Gasteiger partial charge is 0.489 e. The van der Waals surface area contributed by atoms with Crippen molar-refractivity contribution in [3.8, 4) is 5.75 Å². The summed E-state index contributed by atoms with van der Waals surface area (Å²) in [6.07, 6.45) is 4.03. The van der Waals surface area contributed by atoms with Gasteiger partial charge in [-0.05, 0) is 49.2 Å². The first-order valence-electron chi connectivity index (χ1n) is 12.7. The van der Waals surface area contributed by atoms with Crippen LogP contribution < -0.4 is 15.4 Å². The molecule has 0 aliphatic carbocycles. The van der Waals surface area contributed by atoms with E-state index in [0.29, 0.717) is 17.1 Å². The third-order valence-electron chi connectivity index (χ3n) is 6.40. The van der Waals surface area contributed by atoms with Crippen molar-refractivity contribution in [1.82, 2.24) is 15.0 Å². The fourth-order valence-electron chi connectivity index (χ4n) is 4.09. The van der Waals surface area contributed by atoms with Crippen LogP contribution >= 0.6 is 0 Å². The molecule has 0 atom stereocenters. The van der Waals surface area contributed by atoms with E-state index in [1.54, 1.807) is 42.6 Å². The van der Waals surface area contributed by atoms with Gasteiger partial charge in [0.05, 0.1) is 11.9 Å². The van der Waals surface area contributed by atoms with Crippen LogP contribution in [0.4, 0.5) is 16.4 Å². The molecule has 3 heterocycles. The predicted octanol–water partition coefficient (Wildman–Crippen LogP) is 5.30. The van der Waals surface area contributed by atoms with Gasteiger partial charge in [0.25, 0.3) is 0 Å². The number of Topliss-reactive ketones (excluding diaryl/α,β-unsaturated/α-hetero) is 1. The highest BCUT2D eigenvalue weighted by Gasteiger charge is 2.21. The number of nitrogens with zero attached hydrogens (tertiary/aromatic N) is 3. The fourth-order valence-corrected chi connectivity index (χ4v) is 4.09. The Morgan fingerprint density at radius 3 is 2.41 bits per heavy atom. The lowest BCUT2D eigenvalue weighted by molar-refractivity contribution is 0.0985. The van der Waals surface area contributed by atoms with Crippen molar-refractivity contribution in [2.75, 3.05) is 30.3 Å². The minimum atomic E-state index is -0.442. The quantitative estimate of drug-likeness (QED) is 0.400. The molecule has 0 saturated carbocycles. The van der Waals surface area contributed by atoms with Crippen LogP contribution in [0.3, 0.4) is 0 Å². The van der Waals surface area contributed by atoms with Gasteiger partial charge in [0.2, 0.25) is 5.88 Å². The van der Waals surface area contributed by atoms with Gasteiger partial charge in [0.1, 0.15) is 17.5 Å². The van der Waals surface area contributed by atoms with Crippen LogP contribution in [0, 0.1) is 0 Å². The highest BCUT2D eigenvalue weighted by Crippen LogP contribution is 2.24. The summed E-state index contributed by atoms with van der Waals surface area (Å²) >= 11 is 0. The summed E-state index contributed by atoms with van der Waals surface area (Å²) in [6, 6.07) is 11.9. The first kappa shape index (κ1) is 26.3. The first-order chi connectivity index (χ1) is 17.7. The molecule has 37 heavy (non-hydrogen) atoms. The number of nitrogens with one attached hydrogen (secondary N) is 2. The Morgan fingerprint density at radius 1 is 1.08 bits per heavy atom. The first-order valence-corrected chi connectivity index (χ1v) is 12.7. The van der Waals surface area contributed by atoms with E-state index < -0.39 is 6.03 Å². The van der Waals surface area contributed by atoms with E-state index in [0.717, 1.165) is 43.7 Å². The van der Waals surface area contributed by atoms with Gasteiger partial charge in [-0.2, -0.15) is 0 Å². The molecule has 1 saturated heterocycles. The second kappa shape index (κ2) is 11.6. The van der Waals surface area contributed by atoms with Crippen LogP contribution in [0.5, 0.6) is 5.75 Å². The molecule has 2 aromatic heterocycles. The molecule has 0 spiro atoms. The lowest BCUT2D eigenvalue weighted by Gasteiger charge is -2.31. The van der Waals surface area contributed by atoms with Crippen LogP contribution in [0.15, 0.2) is 53.2 Å². The standard InChI is InChI=1S/C28H35N5O4/c1-5-33-14-12-21(13-15-33)36-22-10-11-23(29-18-22)24(34)16-19-6-8-20(9-7-19)30-27(35)31-26-17-25(32-37-26)28(2,3)4/h6-11,17-18,21H,5,12-16H2,1-4H3,(H2,30,31,35). The average Bonchev–Trinajstić information content (AvgIpc) is 3.35. The maximum atomic E-state index is 12.7. The molecule has 1 aliphatic rings. The number of likely N-dealkylation sites (tertiary alicyclic amines) is 1. The Hall–Kier alpha value is -3.72. The number of ether oxygens (including phenoxy) is 1. The number of anilines is 2. The van der Waals surface area contributed by atoms with E-state index in [9.17, 15) is 9.59 Å². The SMILES string of the molecule is CCN1CCC(Oc2ccc(C(=O)Cc3ccc(NC(=O)Nc4cc(C(C)(C)C)no4)cc3)nc2)CC1. The van der Waals surface area contributed by atoms with Crippen LogP contribution in [-0.2, 0) is 11.8 Å². The predicted molar refractivity (Wildman–Crippen MR) is 142 cm³/mol. The number of carbonyl (C=O) groups is 2. The highest BCUT2D eigenvalue weighted by molar-refractivity contribution is 5.99. The summed E-state index contributed by atoms with van der Waals surface area (Å²) in [4.78, 5) is 31.7. The number of rotatable bonds is 8. The van der Waals surface area contributed by atoms with Crippen LogP contribution in [0.25, 0.3) is 0 Å². The Bertz CT molecular complexity index is 1190. The zero-order valence-corrected chi connectivity index (χ0v) is 21.9. The summed E-state index contributed by atoms with van der Waals surface area (Å²) in [5.74, 6) is 0.886. The molecule has 1 aromatic carbocycles. The van der Waals surface area contributed by atoms with Crippen LogP contribution in [0.2, 0.25) is 0 Å². The average molecular weight is 506 g/mol. The third kappa shape index (κ3) is 7.39. The van der Waals surface area contributed by atoms with Gasteiger partial charge in [-0.1, -0.05) is 45.0 Å². The lowest BCUT2D eigenvalue weighted by atomic mass is 9.92. The van der Waals surface area contributed by atoms with Gasteiger partial charge in [-0.15, -0.1) is 0 Å². The number of hydrogen-bond acceptors (Lipinski definition) is 7. The zero-order valence-electron chi connectivity index (χ0n) is 21.9. The van der Waals surface area contributed by atoms with E-state index in [1.165, 1.54) is 0 Å². The normalized spacial score (nSPS) is 14.8. The van der Waals surface area contributed by atoms with Gasteiger partial charge >= 0.3 is 6.03 Å². The monoisotopic (exact) mass is 505 g/mol. The topological polar surface area (TPSA) is 110 Å². The maximum Gasteiger partial charge on any atom is 0.326 e. The van der Waals surface area contributed by atoms with Crippen molar-refractivity contribution in [1.29, 1.82) is 0 Å². The molecule has 1 fully saturated rings.